The number of thioether (sulfide) groups is 1. The molecule has 2 aromatic rings. The highest BCUT2D eigenvalue weighted by Crippen LogP contribution is 2.52. The summed E-state index contributed by atoms with van der Waals surface area (Å²) in [6, 6.07) is 10.4. The topological polar surface area (TPSA) is 198 Å². The number of β-lactam (4-membered cyclic amide) rings is 1. The first-order valence-electron chi connectivity index (χ1n) is 15.5. The molecule has 2 saturated heterocycles. The maximum Gasteiger partial charge on any atom is 0.410 e. The quantitative estimate of drug-likeness (QED) is 0.111. The van der Waals surface area contributed by atoms with Crippen molar-refractivity contribution in [1.29, 1.82) is 0 Å². The molecule has 0 saturated carbocycles. The van der Waals surface area contributed by atoms with Gasteiger partial charge in [-0.3, -0.25) is 29.9 Å². The Balaban J connectivity index is 1.34. The van der Waals surface area contributed by atoms with Crippen LogP contribution in [0.4, 0.5) is 16.2 Å². The number of aliphatic hydroxyl groups is 1. The Hall–Kier alpha value is -5.03. The normalized spacial score (nSPS) is 23.7. The summed E-state index contributed by atoms with van der Waals surface area (Å²) in [7, 11) is 3.49. The number of likely N-dealkylation sites (tertiary alicyclic amines) is 1. The molecule has 2 aromatic carbocycles. The molecule has 17 heteroatoms. The van der Waals surface area contributed by atoms with Crippen molar-refractivity contribution in [2.24, 2.45) is 16.9 Å². The van der Waals surface area contributed by atoms with Crippen molar-refractivity contribution in [3.8, 4) is 0 Å². The number of esters is 1. The zero-order valence-electron chi connectivity index (χ0n) is 27.2. The monoisotopic (exact) mass is 696 g/mol. The van der Waals surface area contributed by atoms with Crippen LogP contribution in [0.3, 0.4) is 0 Å². The second kappa shape index (κ2) is 14.6. The van der Waals surface area contributed by atoms with Gasteiger partial charge in [-0.05, 0) is 48.7 Å². The maximum atomic E-state index is 13.6. The lowest BCUT2D eigenvalue weighted by atomic mass is 9.79. The van der Waals surface area contributed by atoms with Crippen LogP contribution in [0.15, 0.2) is 64.2 Å². The van der Waals surface area contributed by atoms with Crippen molar-refractivity contribution in [2.75, 3.05) is 20.6 Å². The fraction of sp³-hybridized carbons (Fsp3) is 0.438. The Morgan fingerprint density at radius 1 is 1.04 bits per heavy atom. The van der Waals surface area contributed by atoms with Crippen molar-refractivity contribution >= 4 is 47.3 Å². The third-order valence-electron chi connectivity index (χ3n) is 8.63. The number of hydrogen-bond acceptors (Lipinski definition) is 13. The minimum atomic E-state index is -0.933. The van der Waals surface area contributed by atoms with Gasteiger partial charge in [-0.1, -0.05) is 6.92 Å². The summed E-state index contributed by atoms with van der Waals surface area (Å²) in [5.41, 5.74) is 1.00. The van der Waals surface area contributed by atoms with Crippen molar-refractivity contribution in [1.82, 2.24) is 14.8 Å². The second-order valence-electron chi connectivity index (χ2n) is 12.3. The zero-order valence-corrected chi connectivity index (χ0v) is 28.0. The van der Waals surface area contributed by atoms with Gasteiger partial charge < -0.3 is 24.5 Å². The number of ether oxygens (including phenoxy) is 2. The average Bonchev–Trinajstić information content (AvgIpc) is 3.57. The van der Waals surface area contributed by atoms with E-state index in [1.807, 2.05) is 6.92 Å². The number of fused-ring (bicyclic) bond motifs is 1. The molecule has 49 heavy (non-hydrogen) atoms. The largest absolute Gasteiger partial charge is 0.456 e. The van der Waals surface area contributed by atoms with E-state index in [9.17, 15) is 39.7 Å². The van der Waals surface area contributed by atoms with Gasteiger partial charge >= 0.3 is 12.1 Å². The number of rotatable bonds is 12. The molecule has 2 fully saturated rings. The van der Waals surface area contributed by atoms with Gasteiger partial charge in [0.25, 0.3) is 11.4 Å². The zero-order chi connectivity index (χ0) is 35.6. The lowest BCUT2D eigenvalue weighted by Crippen LogP contribution is -2.63. The van der Waals surface area contributed by atoms with Crippen molar-refractivity contribution in [2.45, 2.75) is 56.9 Å². The number of carbonyl (C=O) groups is 3. The number of amides is 2. The molecule has 0 aliphatic carbocycles. The first-order chi connectivity index (χ1) is 23.3. The van der Waals surface area contributed by atoms with Gasteiger partial charge in [-0.25, -0.2) is 9.59 Å². The maximum absolute atomic E-state index is 13.6. The van der Waals surface area contributed by atoms with E-state index in [-0.39, 0.29) is 53.9 Å². The summed E-state index contributed by atoms with van der Waals surface area (Å²) in [6.07, 6.45) is 0.548. The smallest absolute Gasteiger partial charge is 0.410 e. The molecule has 1 unspecified atom stereocenters. The fourth-order valence-corrected chi connectivity index (χ4v) is 7.73. The number of hydrazone groups is 1. The molecule has 3 heterocycles. The number of carbonyl (C=O) groups excluding carboxylic acids is 3. The highest BCUT2D eigenvalue weighted by atomic mass is 32.2. The molecule has 6 atom stereocenters. The minimum absolute atomic E-state index is 0.0780. The van der Waals surface area contributed by atoms with Crippen LogP contribution in [-0.4, -0.2) is 98.0 Å². The van der Waals surface area contributed by atoms with Crippen LogP contribution in [0.2, 0.25) is 0 Å². The molecule has 0 bridgehead atoms. The van der Waals surface area contributed by atoms with E-state index in [4.69, 9.17) is 9.47 Å². The molecule has 0 spiro atoms. The summed E-state index contributed by atoms with van der Waals surface area (Å²) in [6.45, 7) is 3.37. The number of nitro groups is 2. The molecular formula is C32H36N6O10S. The van der Waals surface area contributed by atoms with Crippen molar-refractivity contribution in [3.05, 3.63) is 90.5 Å². The summed E-state index contributed by atoms with van der Waals surface area (Å²) in [5, 5.41) is 38.0. The van der Waals surface area contributed by atoms with E-state index in [0.29, 0.717) is 22.5 Å². The Labute approximate surface area is 285 Å². The summed E-state index contributed by atoms with van der Waals surface area (Å²) >= 11 is 1.37. The Kier molecular flexibility index (Phi) is 10.5. The summed E-state index contributed by atoms with van der Waals surface area (Å²) in [4.78, 5) is 64.6. The van der Waals surface area contributed by atoms with Gasteiger partial charge in [0.1, 0.15) is 18.9 Å². The summed E-state index contributed by atoms with van der Waals surface area (Å²) in [5.74, 6) is -2.14. The fourth-order valence-electron chi connectivity index (χ4n) is 6.19. The molecule has 3 aliphatic heterocycles. The van der Waals surface area contributed by atoms with E-state index < -0.39 is 46.0 Å². The van der Waals surface area contributed by atoms with Crippen LogP contribution in [0.1, 0.15) is 31.4 Å². The number of nitrogens with zero attached hydrogens (tertiary/aromatic N) is 6. The van der Waals surface area contributed by atoms with E-state index in [1.54, 1.807) is 25.3 Å². The highest BCUT2D eigenvalue weighted by molar-refractivity contribution is 8.03. The molecular weight excluding hydrogens is 660 g/mol. The molecule has 0 radical (unpaired) electrons. The Morgan fingerprint density at radius 3 is 2.10 bits per heavy atom. The van der Waals surface area contributed by atoms with Gasteiger partial charge in [0.15, 0.2) is 0 Å². The number of non-ortho nitro benzene ring substituents is 2. The van der Waals surface area contributed by atoms with Crippen LogP contribution in [0, 0.1) is 32.1 Å². The Bertz CT molecular complexity index is 1680. The Morgan fingerprint density at radius 2 is 1.59 bits per heavy atom. The third-order valence-corrected chi connectivity index (χ3v) is 10.1. The third kappa shape index (κ3) is 7.51. The lowest BCUT2D eigenvalue weighted by molar-refractivity contribution is -0.385. The molecule has 1 N–H and O–H groups in total. The molecule has 16 nitrogen and oxygen atoms in total. The van der Waals surface area contributed by atoms with Crippen LogP contribution >= 0.6 is 11.8 Å². The predicted molar refractivity (Wildman–Crippen MR) is 177 cm³/mol. The summed E-state index contributed by atoms with van der Waals surface area (Å²) < 4.78 is 11.2. The second-order valence-corrected chi connectivity index (χ2v) is 13.6. The van der Waals surface area contributed by atoms with E-state index >= 15 is 0 Å². The first-order valence-corrected chi connectivity index (χ1v) is 16.3. The molecule has 260 valence electrons. The van der Waals surface area contributed by atoms with Crippen molar-refractivity contribution < 1.29 is 38.8 Å². The van der Waals surface area contributed by atoms with Crippen molar-refractivity contribution in [3.63, 3.8) is 0 Å². The number of hydrogen-bond donors (Lipinski definition) is 1. The van der Waals surface area contributed by atoms with Gasteiger partial charge in [0.2, 0.25) is 5.91 Å². The van der Waals surface area contributed by atoms with Gasteiger partial charge in [0, 0.05) is 67.2 Å². The van der Waals surface area contributed by atoms with Gasteiger partial charge in [0.05, 0.1) is 34.0 Å². The van der Waals surface area contributed by atoms with E-state index in [1.165, 1.54) is 77.0 Å². The number of aliphatic hydroxyl groups excluding tert-OH is 1. The lowest BCUT2D eigenvalue weighted by Gasteiger charge is -2.46. The van der Waals surface area contributed by atoms with Crippen LogP contribution in [-0.2, 0) is 32.3 Å². The average molecular weight is 697 g/mol. The molecule has 5 rings (SSSR count). The molecule has 0 aromatic heterocycles. The number of benzene rings is 2. The first kappa shape index (κ1) is 35.3. The SMILES string of the molecule is CC(O)[C@H]1C(=O)N2C(C(=O)OCc3ccc([N+](=O)[O-])cc3)=C(S[C@H]3C[C@@H](C=NN(C)C)N(C(=O)OCc4ccc([N+](=O)[O-])cc4)C3)[C@H](C)[C@H]12. The molecule has 3 aliphatic rings. The number of nitro benzene ring substituents is 2. The van der Waals surface area contributed by atoms with Crippen LogP contribution in [0.25, 0.3) is 0 Å². The van der Waals surface area contributed by atoms with Gasteiger partial charge in [-0.15, -0.1) is 11.8 Å². The van der Waals surface area contributed by atoms with Gasteiger partial charge in [-0.2, -0.15) is 5.10 Å². The van der Waals surface area contributed by atoms with E-state index in [0.717, 1.165) is 0 Å². The predicted octanol–water partition coefficient (Wildman–Crippen LogP) is 3.68. The highest BCUT2D eigenvalue weighted by Gasteiger charge is 2.60. The van der Waals surface area contributed by atoms with Crippen LogP contribution in [0.5, 0.6) is 0 Å². The van der Waals surface area contributed by atoms with Crippen LogP contribution < -0.4 is 0 Å². The van der Waals surface area contributed by atoms with E-state index in [2.05, 4.69) is 5.10 Å². The minimum Gasteiger partial charge on any atom is -0.456 e. The molecule has 2 amide bonds. The standard InChI is InChI=1S/C32H36N6O10S/c1-18-27-26(19(2)39)30(40)36(27)28(31(41)47-16-20-5-9-22(10-6-20)37(43)44)29(18)49-25-13-24(14-33-34(3)4)35(15-25)32(42)48-17-21-7-11-23(12-8-21)38(45)46/h5-12,14,18-19,24-27,39H,13,15-17H2,1-4H3/t18-,19?,24+,25+,26-,27-/m1/s1.